The first kappa shape index (κ1) is 13.2. The van der Waals surface area contributed by atoms with Crippen LogP contribution in [0, 0.1) is 0 Å². The lowest BCUT2D eigenvalue weighted by atomic mass is 10.3. The molecule has 1 heterocycles. The van der Waals surface area contributed by atoms with Gasteiger partial charge < -0.3 is 0 Å². The Morgan fingerprint density at radius 2 is 1.89 bits per heavy atom. The zero-order valence-corrected chi connectivity index (χ0v) is 13.7. The van der Waals surface area contributed by atoms with Gasteiger partial charge in [-0.2, -0.15) is 0 Å². The maximum atomic E-state index is 6.04. The van der Waals surface area contributed by atoms with Crippen LogP contribution in [0.5, 0.6) is 0 Å². The van der Waals surface area contributed by atoms with Crippen LogP contribution in [0.2, 0.25) is 0 Å². The molecule has 96 valence electrons. The number of halogens is 3. The van der Waals surface area contributed by atoms with Crippen LogP contribution in [-0.4, -0.2) is 9.55 Å². The summed E-state index contributed by atoms with van der Waals surface area (Å²) >= 11 is 13.1. The van der Waals surface area contributed by atoms with Crippen LogP contribution in [0.3, 0.4) is 0 Å². The zero-order chi connectivity index (χ0) is 13.4. The molecule has 2 nitrogen and oxygen atoms in total. The Morgan fingerprint density at radius 3 is 2.63 bits per heavy atom. The van der Waals surface area contributed by atoms with Gasteiger partial charge >= 0.3 is 0 Å². The largest absolute Gasteiger partial charge is 0.294 e. The molecule has 1 aromatic heterocycles. The number of alkyl halides is 1. The summed E-state index contributed by atoms with van der Waals surface area (Å²) in [6.07, 6.45) is 0. The number of aromatic nitrogens is 2. The molecule has 0 amide bonds. The average molecular weight is 401 g/mol. The number of rotatable bonds is 2. The van der Waals surface area contributed by atoms with Gasteiger partial charge in [0, 0.05) is 8.95 Å². The first-order valence-corrected chi connectivity index (χ1v) is 7.80. The van der Waals surface area contributed by atoms with Crippen LogP contribution in [0.4, 0.5) is 0 Å². The van der Waals surface area contributed by atoms with E-state index in [4.69, 9.17) is 11.6 Å². The van der Waals surface area contributed by atoms with Gasteiger partial charge in [-0.25, -0.2) is 4.98 Å². The molecule has 0 aliphatic heterocycles. The molecule has 0 atom stereocenters. The lowest BCUT2D eigenvalue weighted by molar-refractivity contribution is 0.977. The number of hydrogen-bond acceptors (Lipinski definition) is 1. The molecule has 0 N–H and O–H groups in total. The molecule has 5 heteroatoms. The predicted molar refractivity (Wildman–Crippen MR) is 86.0 cm³/mol. The second-order valence-corrected chi connectivity index (χ2v) is 6.12. The number of fused-ring (bicyclic) bond motifs is 1. The van der Waals surface area contributed by atoms with E-state index >= 15 is 0 Å². The van der Waals surface area contributed by atoms with Gasteiger partial charge in [0.2, 0.25) is 0 Å². The second kappa shape index (κ2) is 5.27. The molecule has 0 saturated heterocycles. The van der Waals surface area contributed by atoms with Crippen molar-refractivity contribution in [2.75, 3.05) is 0 Å². The Hall–Kier alpha value is -0.840. The van der Waals surface area contributed by atoms with E-state index in [-0.39, 0.29) is 0 Å². The summed E-state index contributed by atoms with van der Waals surface area (Å²) in [6.45, 7) is 0. The van der Waals surface area contributed by atoms with E-state index in [0.717, 1.165) is 31.5 Å². The van der Waals surface area contributed by atoms with Crippen molar-refractivity contribution in [1.29, 1.82) is 0 Å². The van der Waals surface area contributed by atoms with Crippen molar-refractivity contribution in [1.82, 2.24) is 9.55 Å². The molecule has 2 aromatic carbocycles. The highest BCUT2D eigenvalue weighted by Gasteiger charge is 2.13. The van der Waals surface area contributed by atoms with Crippen molar-refractivity contribution in [3.05, 3.63) is 57.2 Å². The highest BCUT2D eigenvalue weighted by molar-refractivity contribution is 9.10. The molecule has 3 aromatic rings. The fourth-order valence-corrected chi connectivity index (χ4v) is 3.08. The van der Waals surface area contributed by atoms with Crippen molar-refractivity contribution in [3.63, 3.8) is 0 Å². The fraction of sp³-hybridized carbons (Fsp3) is 0.0714. The molecular weight excluding hydrogens is 391 g/mol. The summed E-state index contributed by atoms with van der Waals surface area (Å²) in [4.78, 5) is 4.58. The summed E-state index contributed by atoms with van der Waals surface area (Å²) in [5.74, 6) is 1.20. The first-order chi connectivity index (χ1) is 9.20. The van der Waals surface area contributed by atoms with Gasteiger partial charge in [0.05, 0.1) is 22.6 Å². The molecule has 0 aliphatic rings. The average Bonchev–Trinajstić information content (AvgIpc) is 2.77. The SMILES string of the molecule is ClCc1nc2ccc(Br)cc2n1-c1ccccc1Br. The van der Waals surface area contributed by atoms with E-state index in [0.29, 0.717) is 5.88 Å². The molecule has 0 unspecified atom stereocenters. The summed E-state index contributed by atoms with van der Waals surface area (Å²) in [7, 11) is 0. The zero-order valence-electron chi connectivity index (χ0n) is 9.78. The van der Waals surface area contributed by atoms with Crippen molar-refractivity contribution in [2.24, 2.45) is 0 Å². The maximum Gasteiger partial charge on any atom is 0.129 e. The maximum absolute atomic E-state index is 6.04. The van der Waals surface area contributed by atoms with E-state index in [1.54, 1.807) is 0 Å². The monoisotopic (exact) mass is 398 g/mol. The van der Waals surface area contributed by atoms with Crippen LogP contribution >= 0.6 is 43.5 Å². The smallest absolute Gasteiger partial charge is 0.129 e. The van der Waals surface area contributed by atoms with E-state index < -0.39 is 0 Å². The number of para-hydroxylation sites is 1. The Kier molecular flexibility index (Phi) is 3.65. The van der Waals surface area contributed by atoms with Crippen LogP contribution < -0.4 is 0 Å². The van der Waals surface area contributed by atoms with Gasteiger partial charge in [0.1, 0.15) is 5.82 Å². The third-order valence-corrected chi connectivity index (χ3v) is 4.30. The van der Waals surface area contributed by atoms with Gasteiger partial charge in [0.15, 0.2) is 0 Å². The van der Waals surface area contributed by atoms with E-state index in [9.17, 15) is 0 Å². The molecule has 0 spiro atoms. The highest BCUT2D eigenvalue weighted by Crippen LogP contribution is 2.29. The molecule has 0 saturated carbocycles. The molecule has 0 bridgehead atoms. The van der Waals surface area contributed by atoms with Gasteiger partial charge in [0.25, 0.3) is 0 Å². The van der Waals surface area contributed by atoms with Crippen molar-refractivity contribution in [2.45, 2.75) is 5.88 Å². The van der Waals surface area contributed by atoms with Gasteiger partial charge in [-0.3, -0.25) is 4.57 Å². The third kappa shape index (κ3) is 2.33. The molecule has 0 fully saturated rings. The van der Waals surface area contributed by atoms with Crippen molar-refractivity contribution in [3.8, 4) is 5.69 Å². The third-order valence-electron chi connectivity index (χ3n) is 2.90. The molecule has 3 rings (SSSR count). The van der Waals surface area contributed by atoms with Crippen LogP contribution in [0.25, 0.3) is 16.7 Å². The predicted octanol–water partition coefficient (Wildman–Crippen LogP) is 5.29. The van der Waals surface area contributed by atoms with Crippen molar-refractivity contribution < 1.29 is 0 Å². The van der Waals surface area contributed by atoms with Gasteiger partial charge in [-0.15, -0.1) is 11.6 Å². The minimum Gasteiger partial charge on any atom is -0.294 e. The number of nitrogens with zero attached hydrogens (tertiary/aromatic N) is 2. The lowest BCUT2D eigenvalue weighted by Gasteiger charge is -2.09. The van der Waals surface area contributed by atoms with Crippen LogP contribution in [0.15, 0.2) is 51.4 Å². The summed E-state index contributed by atoms with van der Waals surface area (Å²) in [5.41, 5.74) is 3.02. The quantitative estimate of drug-likeness (QED) is 0.535. The molecule has 19 heavy (non-hydrogen) atoms. The second-order valence-electron chi connectivity index (χ2n) is 4.08. The summed E-state index contributed by atoms with van der Waals surface area (Å²) in [5, 5.41) is 0. The lowest BCUT2D eigenvalue weighted by Crippen LogP contribution is -2.00. The van der Waals surface area contributed by atoms with Gasteiger partial charge in [-0.05, 0) is 46.3 Å². The van der Waals surface area contributed by atoms with Crippen LogP contribution in [-0.2, 0) is 5.88 Å². The fourth-order valence-electron chi connectivity index (χ4n) is 2.09. The van der Waals surface area contributed by atoms with E-state index in [2.05, 4.69) is 47.5 Å². The number of benzene rings is 2. The standard InChI is InChI=1S/C14H9Br2ClN2/c15-9-5-6-11-13(7-9)19(14(8-17)18-11)12-4-2-1-3-10(12)16/h1-7H,8H2. The summed E-state index contributed by atoms with van der Waals surface area (Å²) < 4.78 is 4.12. The first-order valence-electron chi connectivity index (χ1n) is 5.68. The topological polar surface area (TPSA) is 17.8 Å². The normalized spacial score (nSPS) is 11.1. The minimum absolute atomic E-state index is 0.369. The Morgan fingerprint density at radius 1 is 1.11 bits per heavy atom. The molecular formula is C14H9Br2ClN2. The number of hydrogen-bond donors (Lipinski definition) is 0. The molecule has 0 aliphatic carbocycles. The van der Waals surface area contributed by atoms with E-state index in [1.807, 2.05) is 36.4 Å². The Balaban J connectivity index is 2.38. The highest BCUT2D eigenvalue weighted by atomic mass is 79.9. The number of imidazole rings is 1. The van der Waals surface area contributed by atoms with E-state index in [1.165, 1.54) is 0 Å². The minimum atomic E-state index is 0.369. The van der Waals surface area contributed by atoms with Gasteiger partial charge in [-0.1, -0.05) is 28.1 Å². The van der Waals surface area contributed by atoms with Crippen molar-refractivity contribution >= 4 is 54.5 Å². The Labute approximate surface area is 132 Å². The summed E-state index contributed by atoms with van der Waals surface area (Å²) in [6, 6.07) is 14.1. The Bertz CT molecular complexity index is 752. The molecule has 0 radical (unpaired) electrons. The van der Waals surface area contributed by atoms with Crippen LogP contribution in [0.1, 0.15) is 5.82 Å².